The highest BCUT2D eigenvalue weighted by Gasteiger charge is 2.11. The molecule has 24 heavy (non-hydrogen) atoms. The summed E-state index contributed by atoms with van der Waals surface area (Å²) in [6.07, 6.45) is 1.84. The van der Waals surface area contributed by atoms with E-state index in [2.05, 4.69) is 22.4 Å². The van der Waals surface area contributed by atoms with Crippen LogP contribution in [0.25, 0.3) is 0 Å². The fourth-order valence-corrected chi connectivity index (χ4v) is 3.28. The zero-order chi connectivity index (χ0) is 17.4. The Hall–Kier alpha value is -2.01. The van der Waals surface area contributed by atoms with E-state index in [1.165, 1.54) is 4.90 Å². The number of thioether (sulfide) groups is 1. The van der Waals surface area contributed by atoms with E-state index < -0.39 is 0 Å². The van der Waals surface area contributed by atoms with Gasteiger partial charge in [-0.3, -0.25) is 4.98 Å². The van der Waals surface area contributed by atoms with Gasteiger partial charge in [-0.2, -0.15) is 0 Å². The molecular weight excluding hydrogens is 318 g/mol. The number of amides is 2. The number of nitrogens with zero attached hydrogens (tertiary/aromatic N) is 2. The van der Waals surface area contributed by atoms with Crippen LogP contribution in [0.4, 0.5) is 4.79 Å². The average Bonchev–Trinajstić information content (AvgIpc) is 2.58. The summed E-state index contributed by atoms with van der Waals surface area (Å²) in [4.78, 5) is 19.7. The Labute approximate surface area is 148 Å². The molecule has 0 bridgehead atoms. The molecule has 0 fully saturated rings. The van der Waals surface area contributed by atoms with Crippen LogP contribution in [0.2, 0.25) is 0 Å². The number of pyridine rings is 1. The number of rotatable bonds is 7. The first kappa shape index (κ1) is 18.3. The molecule has 0 aliphatic carbocycles. The van der Waals surface area contributed by atoms with Crippen molar-refractivity contribution in [1.82, 2.24) is 15.2 Å². The van der Waals surface area contributed by atoms with Gasteiger partial charge in [-0.25, -0.2) is 4.79 Å². The summed E-state index contributed by atoms with van der Waals surface area (Å²) < 4.78 is 0. The van der Waals surface area contributed by atoms with Gasteiger partial charge in [0.05, 0.1) is 0 Å². The molecular formula is C19H25N3OS. The highest BCUT2D eigenvalue weighted by molar-refractivity contribution is 7.99. The number of carbonyl (C=O) groups is 1. The van der Waals surface area contributed by atoms with Gasteiger partial charge in [-0.15, -0.1) is 11.8 Å². The van der Waals surface area contributed by atoms with E-state index in [4.69, 9.17) is 0 Å². The van der Waals surface area contributed by atoms with Gasteiger partial charge >= 0.3 is 6.03 Å². The summed E-state index contributed by atoms with van der Waals surface area (Å²) in [5, 5.41) is 3.00. The summed E-state index contributed by atoms with van der Waals surface area (Å²) >= 11 is 1.77. The van der Waals surface area contributed by atoms with Crippen molar-refractivity contribution in [3.8, 4) is 0 Å². The van der Waals surface area contributed by atoms with E-state index in [0.717, 1.165) is 29.1 Å². The zero-order valence-electron chi connectivity index (χ0n) is 14.6. The highest BCUT2D eigenvalue weighted by atomic mass is 32.2. The SMILES string of the molecule is CCN(CCSc1ccccc1)C(=O)NCc1cnc(C)cc1C. The predicted molar refractivity (Wildman–Crippen MR) is 100 cm³/mol. The molecule has 2 aromatic rings. The van der Waals surface area contributed by atoms with E-state index in [-0.39, 0.29) is 6.03 Å². The lowest BCUT2D eigenvalue weighted by atomic mass is 10.1. The second-order valence-electron chi connectivity index (χ2n) is 5.65. The Balaban J connectivity index is 1.80. The lowest BCUT2D eigenvalue weighted by Crippen LogP contribution is -2.40. The van der Waals surface area contributed by atoms with Gasteiger partial charge in [0.25, 0.3) is 0 Å². The van der Waals surface area contributed by atoms with Crippen molar-refractivity contribution in [3.63, 3.8) is 0 Å². The summed E-state index contributed by atoms with van der Waals surface area (Å²) in [6.45, 7) is 7.97. The van der Waals surface area contributed by atoms with Crippen molar-refractivity contribution in [2.24, 2.45) is 0 Å². The van der Waals surface area contributed by atoms with Crippen LogP contribution in [0.5, 0.6) is 0 Å². The molecule has 0 atom stereocenters. The number of hydrogen-bond donors (Lipinski definition) is 1. The van der Waals surface area contributed by atoms with Crippen LogP contribution in [-0.4, -0.2) is 34.8 Å². The van der Waals surface area contributed by atoms with Crippen LogP contribution < -0.4 is 5.32 Å². The van der Waals surface area contributed by atoms with Crippen molar-refractivity contribution in [2.45, 2.75) is 32.2 Å². The third-order valence-corrected chi connectivity index (χ3v) is 4.82. The van der Waals surface area contributed by atoms with Crippen molar-refractivity contribution < 1.29 is 4.79 Å². The molecule has 128 valence electrons. The van der Waals surface area contributed by atoms with Crippen molar-refractivity contribution >= 4 is 17.8 Å². The molecule has 4 nitrogen and oxygen atoms in total. The Bertz CT molecular complexity index is 661. The normalized spacial score (nSPS) is 10.5. The Kier molecular flexibility index (Phi) is 7.12. The maximum absolute atomic E-state index is 12.4. The summed E-state index contributed by atoms with van der Waals surface area (Å²) in [6, 6.07) is 12.3. The molecule has 1 N–H and O–H groups in total. The minimum Gasteiger partial charge on any atom is -0.334 e. The molecule has 0 spiro atoms. The standard InChI is InChI=1S/C19H25N3OS/c1-4-22(10-11-24-18-8-6-5-7-9-18)19(23)21-14-17-13-20-16(3)12-15(17)2/h5-9,12-13H,4,10-11,14H2,1-3H3,(H,21,23). The summed E-state index contributed by atoms with van der Waals surface area (Å²) in [5.41, 5.74) is 3.21. The summed E-state index contributed by atoms with van der Waals surface area (Å²) in [5.74, 6) is 0.885. The van der Waals surface area contributed by atoms with Gasteiger partial charge < -0.3 is 10.2 Å². The third kappa shape index (κ3) is 5.57. The van der Waals surface area contributed by atoms with Crippen LogP contribution in [0.3, 0.4) is 0 Å². The van der Waals surface area contributed by atoms with E-state index in [1.807, 2.05) is 56.1 Å². The molecule has 0 unspecified atom stereocenters. The first-order valence-corrected chi connectivity index (χ1v) is 9.21. The van der Waals surface area contributed by atoms with Gasteiger partial charge in [0.2, 0.25) is 0 Å². The number of aromatic nitrogens is 1. The number of urea groups is 1. The molecule has 0 aliphatic rings. The van der Waals surface area contributed by atoms with E-state index in [1.54, 1.807) is 11.8 Å². The monoisotopic (exact) mass is 343 g/mol. The van der Waals surface area contributed by atoms with Gasteiger partial charge in [-0.05, 0) is 50.1 Å². The van der Waals surface area contributed by atoms with Crippen molar-refractivity contribution in [3.05, 3.63) is 59.4 Å². The molecule has 0 saturated carbocycles. The number of benzene rings is 1. The number of aryl methyl sites for hydroxylation is 2. The fraction of sp³-hybridized carbons (Fsp3) is 0.368. The largest absolute Gasteiger partial charge is 0.334 e. The maximum atomic E-state index is 12.4. The Morgan fingerprint density at radius 3 is 2.67 bits per heavy atom. The van der Waals surface area contributed by atoms with E-state index in [9.17, 15) is 4.79 Å². The van der Waals surface area contributed by atoms with Gasteiger partial charge in [0.1, 0.15) is 0 Å². The second kappa shape index (κ2) is 9.33. The zero-order valence-corrected chi connectivity index (χ0v) is 15.4. The first-order valence-electron chi connectivity index (χ1n) is 8.23. The van der Waals surface area contributed by atoms with E-state index >= 15 is 0 Å². The minimum atomic E-state index is -0.0221. The molecule has 1 aromatic heterocycles. The van der Waals surface area contributed by atoms with Crippen molar-refractivity contribution in [1.29, 1.82) is 0 Å². The molecule has 1 aromatic carbocycles. The number of nitrogens with one attached hydrogen (secondary N) is 1. The third-order valence-electron chi connectivity index (χ3n) is 3.83. The van der Waals surface area contributed by atoms with Gasteiger partial charge in [0, 0.05) is 42.2 Å². The number of hydrogen-bond acceptors (Lipinski definition) is 3. The topological polar surface area (TPSA) is 45.2 Å². The van der Waals surface area contributed by atoms with Crippen LogP contribution in [0, 0.1) is 13.8 Å². The minimum absolute atomic E-state index is 0.0221. The fourth-order valence-electron chi connectivity index (χ4n) is 2.39. The molecule has 5 heteroatoms. The van der Waals surface area contributed by atoms with Crippen LogP contribution >= 0.6 is 11.8 Å². The molecule has 0 radical (unpaired) electrons. The smallest absolute Gasteiger partial charge is 0.317 e. The Morgan fingerprint density at radius 1 is 1.25 bits per heavy atom. The first-order chi connectivity index (χ1) is 11.6. The molecule has 0 saturated heterocycles. The Morgan fingerprint density at radius 2 is 2.00 bits per heavy atom. The second-order valence-corrected chi connectivity index (χ2v) is 6.82. The maximum Gasteiger partial charge on any atom is 0.317 e. The van der Waals surface area contributed by atoms with Gasteiger partial charge in [0.15, 0.2) is 0 Å². The van der Waals surface area contributed by atoms with E-state index in [0.29, 0.717) is 13.1 Å². The van der Waals surface area contributed by atoms with Gasteiger partial charge in [-0.1, -0.05) is 18.2 Å². The molecule has 2 rings (SSSR count). The van der Waals surface area contributed by atoms with Crippen LogP contribution in [0.15, 0.2) is 47.5 Å². The highest BCUT2D eigenvalue weighted by Crippen LogP contribution is 2.16. The summed E-state index contributed by atoms with van der Waals surface area (Å²) in [7, 11) is 0. The predicted octanol–water partition coefficient (Wildman–Crippen LogP) is 4.02. The van der Waals surface area contributed by atoms with Crippen LogP contribution in [-0.2, 0) is 6.54 Å². The van der Waals surface area contributed by atoms with Crippen LogP contribution in [0.1, 0.15) is 23.7 Å². The quantitative estimate of drug-likeness (QED) is 0.772. The van der Waals surface area contributed by atoms with Crippen molar-refractivity contribution in [2.75, 3.05) is 18.8 Å². The molecule has 2 amide bonds. The lowest BCUT2D eigenvalue weighted by molar-refractivity contribution is 0.203. The average molecular weight is 343 g/mol. The lowest BCUT2D eigenvalue weighted by Gasteiger charge is -2.21. The molecule has 0 aliphatic heterocycles. The molecule has 1 heterocycles. The number of carbonyl (C=O) groups excluding carboxylic acids is 1.